The van der Waals surface area contributed by atoms with Crippen LogP contribution in [0.2, 0.25) is 0 Å². The number of phosphoric acid groups is 3. The zero-order chi connectivity index (χ0) is 10.9. The third-order valence-electron chi connectivity index (χ3n) is 0.419. The Morgan fingerprint density at radius 1 is 0.476 bits per heavy atom. The second-order valence-corrected chi connectivity index (χ2v) is 5.82. The third kappa shape index (κ3) is 48.9. The van der Waals surface area contributed by atoms with E-state index in [9.17, 15) is 13.7 Å². The van der Waals surface area contributed by atoms with Gasteiger partial charge in [-0.1, -0.05) is 0 Å². The monoisotopic (exact) mass is 594 g/mol. The van der Waals surface area contributed by atoms with E-state index in [-0.39, 0.29) is 302 Å². The third-order valence-corrected chi connectivity index (χ3v) is 3.77. The molecular weight excluding hydrogens is 574 g/mol. The Balaban J connectivity index is -0.0000000257. The Labute approximate surface area is 360 Å². The first-order chi connectivity index (χ1) is 5.41. The standard InChI is InChI=1S/8Ca.H5O10P3.16H/c;;;;;;;;1-11(2,3)9-13(7,8)10-12(4,5)6;;;;;;;;;;;;;;;;/h;;;;;;;;(H,7,8)(H2,1,2,3)(H2,4,5,6);;;;;;;;;;;;;;;;. The van der Waals surface area contributed by atoms with Gasteiger partial charge in [0.05, 0.1) is 0 Å². The van der Waals surface area contributed by atoms with Crippen LogP contribution in [0.15, 0.2) is 0 Å². The first-order valence-corrected chi connectivity index (χ1v) is 6.83. The molecule has 0 spiro atoms. The molecule has 112 valence electrons. The molecule has 5 N–H and O–H groups in total. The molecule has 0 fully saturated rings. The van der Waals surface area contributed by atoms with Gasteiger partial charge in [0.1, 0.15) is 0 Å². The minimum atomic E-state index is -5.46. The van der Waals surface area contributed by atoms with Crippen LogP contribution in [-0.2, 0) is 22.3 Å². The molecule has 0 atom stereocenters. The second-order valence-electron chi connectivity index (χ2n) is 1.61. The topological polar surface area (TPSA) is 171 Å². The van der Waals surface area contributed by atoms with Crippen molar-refractivity contribution in [3.63, 3.8) is 0 Å². The van der Waals surface area contributed by atoms with Crippen molar-refractivity contribution in [3.05, 3.63) is 0 Å². The molecule has 0 aliphatic heterocycles. The van der Waals surface area contributed by atoms with Gasteiger partial charge in [-0.3, -0.25) is 0 Å². The van der Waals surface area contributed by atoms with Gasteiger partial charge in [-0.2, -0.15) is 8.62 Å². The molecule has 0 unspecified atom stereocenters. The van der Waals surface area contributed by atoms with Crippen LogP contribution in [-0.4, -0.2) is 326 Å². The van der Waals surface area contributed by atoms with Crippen molar-refractivity contribution in [2.24, 2.45) is 0 Å². The molecule has 0 rings (SSSR count). The van der Waals surface area contributed by atoms with Gasteiger partial charge in [0.2, 0.25) is 0 Å². The van der Waals surface area contributed by atoms with Gasteiger partial charge < -0.3 is 24.5 Å². The Kier molecular flexibility index (Phi) is 78.6. The Hall–Kier alpha value is 10.5. The normalized spacial score (nSPS) is 9.00. The molecule has 0 aliphatic carbocycles. The van der Waals surface area contributed by atoms with Crippen LogP contribution in [0.25, 0.3) is 0 Å². The zero-order valence-corrected chi connectivity index (χ0v) is 8.30. The zero-order valence-electron chi connectivity index (χ0n) is 5.62. The Morgan fingerprint density at radius 3 is 0.714 bits per heavy atom. The van der Waals surface area contributed by atoms with E-state index in [0.717, 1.165) is 0 Å². The Bertz CT molecular complexity index is 292. The van der Waals surface area contributed by atoms with Crippen LogP contribution in [0.1, 0.15) is 0 Å². The molecule has 0 bridgehead atoms. The summed E-state index contributed by atoms with van der Waals surface area (Å²) in [5.74, 6) is 0. The van der Waals surface area contributed by atoms with Crippen LogP contribution in [0.4, 0.5) is 0 Å². The molecular formula is H21Ca8O10P3. The van der Waals surface area contributed by atoms with E-state index >= 15 is 0 Å². The molecule has 0 heterocycles. The van der Waals surface area contributed by atoms with Crippen molar-refractivity contribution < 1.29 is 46.8 Å². The quantitative estimate of drug-likeness (QED) is 0.156. The van der Waals surface area contributed by atoms with Crippen LogP contribution in [0, 0.1) is 0 Å². The fraction of sp³-hybridized carbons (Fsp3) is 0. The van der Waals surface area contributed by atoms with Crippen molar-refractivity contribution in [2.75, 3.05) is 0 Å². The number of hydrogen-bond donors (Lipinski definition) is 5. The van der Waals surface area contributed by atoms with E-state index in [1.54, 1.807) is 0 Å². The molecule has 21 heteroatoms. The first-order valence-electron chi connectivity index (χ1n) is 2.28. The SMILES string of the molecule is O=P(O)(O)OP(=O)(O)OP(=O)(O)O.[CaH2].[CaH2].[CaH2].[CaH2].[CaH2].[CaH2].[CaH2].[CaH2]. The maximum atomic E-state index is 10.4. The predicted molar refractivity (Wildman–Crippen MR) is 104 cm³/mol. The van der Waals surface area contributed by atoms with E-state index in [1.807, 2.05) is 0 Å². The maximum absolute atomic E-state index is 10.4. The summed E-state index contributed by atoms with van der Waals surface area (Å²) < 4.78 is 36.4. The van der Waals surface area contributed by atoms with Gasteiger partial charge in [0.15, 0.2) is 0 Å². The molecule has 0 saturated heterocycles. The van der Waals surface area contributed by atoms with E-state index in [0.29, 0.717) is 0 Å². The molecule has 0 aromatic carbocycles. The van der Waals surface area contributed by atoms with Gasteiger partial charge in [-0.25, -0.2) is 13.7 Å². The summed E-state index contributed by atoms with van der Waals surface area (Å²) in [7, 11) is -16.2. The van der Waals surface area contributed by atoms with E-state index < -0.39 is 23.5 Å². The molecule has 0 radical (unpaired) electrons. The first kappa shape index (κ1) is 57.9. The average molecular weight is 595 g/mol. The number of rotatable bonds is 4. The second kappa shape index (κ2) is 28.5. The summed E-state index contributed by atoms with van der Waals surface area (Å²) in [4.78, 5) is 40.2. The van der Waals surface area contributed by atoms with Crippen molar-refractivity contribution >= 4 is 325 Å². The summed E-state index contributed by atoms with van der Waals surface area (Å²) in [6.45, 7) is 0. The van der Waals surface area contributed by atoms with Crippen molar-refractivity contribution in [1.29, 1.82) is 0 Å². The summed E-state index contributed by atoms with van der Waals surface area (Å²) in [6.07, 6.45) is 0. The fourth-order valence-electron chi connectivity index (χ4n) is 0.284. The minimum absolute atomic E-state index is 0. The summed E-state index contributed by atoms with van der Waals surface area (Å²) in [6, 6.07) is 0. The average Bonchev–Trinajstić information content (AvgIpc) is 1.43. The summed E-state index contributed by atoms with van der Waals surface area (Å²) in [5, 5.41) is 0. The van der Waals surface area contributed by atoms with E-state index in [1.165, 1.54) is 0 Å². The molecule has 0 amide bonds. The summed E-state index contributed by atoms with van der Waals surface area (Å²) in [5.41, 5.74) is 0. The van der Waals surface area contributed by atoms with Crippen molar-refractivity contribution in [1.82, 2.24) is 0 Å². The van der Waals surface area contributed by atoms with Crippen molar-refractivity contribution in [2.45, 2.75) is 0 Å². The van der Waals surface area contributed by atoms with Gasteiger partial charge in [0.25, 0.3) is 0 Å². The van der Waals surface area contributed by atoms with E-state index in [2.05, 4.69) is 8.62 Å². The Morgan fingerprint density at radius 2 is 0.619 bits per heavy atom. The van der Waals surface area contributed by atoms with Crippen LogP contribution in [0.3, 0.4) is 0 Å². The van der Waals surface area contributed by atoms with Crippen LogP contribution in [0.5, 0.6) is 0 Å². The summed E-state index contributed by atoms with van der Waals surface area (Å²) >= 11 is 0. The molecule has 0 saturated carbocycles. The van der Waals surface area contributed by atoms with Gasteiger partial charge in [-0.15, -0.1) is 0 Å². The van der Waals surface area contributed by atoms with Crippen LogP contribution >= 0.6 is 23.5 Å². The van der Waals surface area contributed by atoms with E-state index in [4.69, 9.17) is 24.5 Å². The number of hydrogen-bond acceptors (Lipinski definition) is 5. The van der Waals surface area contributed by atoms with Gasteiger partial charge in [-0.05, 0) is 0 Å². The molecule has 0 aliphatic rings. The predicted octanol–water partition coefficient (Wildman–Crippen LogP) is -8.02. The molecule has 10 nitrogen and oxygen atoms in total. The molecule has 21 heavy (non-hydrogen) atoms. The van der Waals surface area contributed by atoms with Crippen LogP contribution < -0.4 is 0 Å². The van der Waals surface area contributed by atoms with Gasteiger partial charge in [0, 0.05) is 0 Å². The molecule has 0 aromatic rings. The molecule has 0 aromatic heterocycles. The fourth-order valence-corrected chi connectivity index (χ4v) is 2.82. The van der Waals surface area contributed by atoms with Gasteiger partial charge >= 0.3 is 325 Å². The van der Waals surface area contributed by atoms with Crippen molar-refractivity contribution in [3.8, 4) is 0 Å².